The van der Waals surface area contributed by atoms with Crippen LogP contribution in [0.15, 0.2) is 5.11 Å². The van der Waals surface area contributed by atoms with Crippen LogP contribution >= 0.6 is 0 Å². The van der Waals surface area contributed by atoms with Gasteiger partial charge in [-0.2, -0.15) is 0 Å². The van der Waals surface area contributed by atoms with Gasteiger partial charge >= 0.3 is 6.09 Å². The summed E-state index contributed by atoms with van der Waals surface area (Å²) in [5, 5.41) is 3.63. The largest absolute Gasteiger partial charge is 0.444 e. The van der Waals surface area contributed by atoms with Gasteiger partial charge in [0.2, 0.25) is 0 Å². The summed E-state index contributed by atoms with van der Waals surface area (Å²) < 4.78 is 5.28. The Balaban J connectivity index is 2.68. The molecule has 0 aromatic carbocycles. The molecule has 0 bridgehead atoms. The lowest BCUT2D eigenvalue weighted by Crippen LogP contribution is -2.43. The average molecular weight is 241 g/mol. The summed E-state index contributed by atoms with van der Waals surface area (Å²) in [5.74, 6) is 0. The maximum Gasteiger partial charge on any atom is 0.410 e. The van der Waals surface area contributed by atoms with Crippen molar-refractivity contribution in [3.63, 3.8) is 0 Å². The minimum Gasteiger partial charge on any atom is -0.444 e. The predicted molar refractivity (Wildman–Crippen MR) is 63.3 cm³/mol. The zero-order valence-electron chi connectivity index (χ0n) is 10.5. The smallest absolute Gasteiger partial charge is 0.410 e. The third-order valence-corrected chi connectivity index (χ3v) is 2.51. The topological polar surface area (TPSA) is 104 Å². The first-order valence-electron chi connectivity index (χ1n) is 5.61. The molecule has 1 rings (SSSR count). The number of rotatable bonds is 2. The lowest BCUT2D eigenvalue weighted by molar-refractivity contribution is 0.0230. The van der Waals surface area contributed by atoms with E-state index in [-0.39, 0.29) is 12.1 Å². The Labute approximate surface area is 101 Å². The molecule has 1 amide bonds. The molecule has 0 unspecified atom stereocenters. The zero-order valence-corrected chi connectivity index (χ0v) is 10.5. The van der Waals surface area contributed by atoms with Crippen molar-refractivity contribution in [3.8, 4) is 0 Å². The Hall–Kier alpha value is -1.46. The van der Waals surface area contributed by atoms with E-state index in [0.29, 0.717) is 19.5 Å². The normalized spacial score (nSPS) is 24.4. The molecule has 0 spiro atoms. The van der Waals surface area contributed by atoms with E-state index in [4.69, 9.17) is 16.0 Å². The number of nitrogens with two attached hydrogens (primary N) is 1. The average Bonchev–Trinajstić information content (AvgIpc) is 2.59. The van der Waals surface area contributed by atoms with Gasteiger partial charge in [0.25, 0.3) is 0 Å². The van der Waals surface area contributed by atoms with Gasteiger partial charge in [0, 0.05) is 24.0 Å². The SMILES string of the molecule is CC(C)(C)OC(=O)N1C[C@H](N=[N+]=[N-])C[C@H]1CN. The number of azide groups is 1. The van der Waals surface area contributed by atoms with Crippen molar-refractivity contribution in [2.75, 3.05) is 13.1 Å². The number of carbonyl (C=O) groups is 1. The van der Waals surface area contributed by atoms with E-state index < -0.39 is 11.7 Å². The van der Waals surface area contributed by atoms with Crippen LogP contribution in [0.1, 0.15) is 27.2 Å². The molecule has 0 aromatic heterocycles. The van der Waals surface area contributed by atoms with Gasteiger partial charge in [-0.1, -0.05) is 5.11 Å². The fraction of sp³-hybridized carbons (Fsp3) is 0.900. The maximum absolute atomic E-state index is 11.9. The van der Waals surface area contributed by atoms with Crippen molar-refractivity contribution in [3.05, 3.63) is 10.4 Å². The Bertz CT molecular complexity index is 332. The molecule has 0 aromatic rings. The first kappa shape index (κ1) is 13.6. The quantitative estimate of drug-likeness (QED) is 0.451. The van der Waals surface area contributed by atoms with E-state index in [0.717, 1.165) is 0 Å². The van der Waals surface area contributed by atoms with Crippen molar-refractivity contribution < 1.29 is 9.53 Å². The van der Waals surface area contributed by atoms with Crippen LogP contribution in [0.25, 0.3) is 10.4 Å². The molecular formula is C10H19N5O2. The van der Waals surface area contributed by atoms with Crippen molar-refractivity contribution in [2.45, 2.75) is 44.9 Å². The number of amides is 1. The van der Waals surface area contributed by atoms with Crippen molar-refractivity contribution >= 4 is 6.09 Å². The highest BCUT2D eigenvalue weighted by Crippen LogP contribution is 2.22. The molecule has 0 radical (unpaired) electrons. The molecule has 0 aliphatic carbocycles. The first-order valence-corrected chi connectivity index (χ1v) is 5.61. The third kappa shape index (κ3) is 3.80. The number of likely N-dealkylation sites (tertiary alicyclic amines) is 1. The van der Waals surface area contributed by atoms with Gasteiger partial charge in [0.05, 0.1) is 6.04 Å². The molecule has 0 saturated carbocycles. The Morgan fingerprint density at radius 1 is 1.65 bits per heavy atom. The summed E-state index contributed by atoms with van der Waals surface area (Å²) in [6, 6.07) is -0.318. The van der Waals surface area contributed by atoms with E-state index in [2.05, 4.69) is 10.0 Å². The fourth-order valence-corrected chi connectivity index (χ4v) is 1.82. The molecule has 17 heavy (non-hydrogen) atoms. The molecular weight excluding hydrogens is 222 g/mol. The van der Waals surface area contributed by atoms with Gasteiger partial charge in [0.1, 0.15) is 5.60 Å². The molecule has 1 saturated heterocycles. The Morgan fingerprint density at radius 3 is 2.76 bits per heavy atom. The van der Waals surface area contributed by atoms with Crippen LogP contribution in [0.5, 0.6) is 0 Å². The molecule has 2 N–H and O–H groups in total. The van der Waals surface area contributed by atoms with Gasteiger partial charge in [0.15, 0.2) is 0 Å². The van der Waals surface area contributed by atoms with E-state index in [1.54, 1.807) is 4.90 Å². The summed E-state index contributed by atoms with van der Waals surface area (Å²) in [7, 11) is 0. The molecule has 1 fully saturated rings. The standard InChI is InChI=1S/C10H19N5O2/c1-10(2,3)17-9(16)15-6-7(13-14-12)4-8(15)5-11/h7-8H,4-6,11H2,1-3H3/t7-,8+/m1/s1. The number of hydrogen-bond donors (Lipinski definition) is 1. The van der Waals surface area contributed by atoms with Crippen LogP contribution in [0.3, 0.4) is 0 Å². The monoisotopic (exact) mass is 241 g/mol. The highest BCUT2D eigenvalue weighted by atomic mass is 16.6. The first-order chi connectivity index (χ1) is 7.87. The second-order valence-electron chi connectivity index (χ2n) is 5.12. The highest BCUT2D eigenvalue weighted by Gasteiger charge is 2.36. The molecule has 96 valence electrons. The number of nitrogens with zero attached hydrogens (tertiary/aromatic N) is 4. The molecule has 1 heterocycles. The molecule has 7 nitrogen and oxygen atoms in total. The van der Waals surface area contributed by atoms with Crippen LogP contribution in [0.4, 0.5) is 4.79 Å². The number of ether oxygens (including phenoxy) is 1. The van der Waals surface area contributed by atoms with E-state index in [1.165, 1.54) is 0 Å². The van der Waals surface area contributed by atoms with Crippen LogP contribution in [0.2, 0.25) is 0 Å². The van der Waals surface area contributed by atoms with Gasteiger partial charge in [-0.3, -0.25) is 0 Å². The summed E-state index contributed by atoms with van der Waals surface area (Å²) in [5.41, 5.74) is 13.5. The Morgan fingerprint density at radius 2 is 2.29 bits per heavy atom. The second kappa shape index (κ2) is 5.25. The van der Waals surface area contributed by atoms with Crippen molar-refractivity contribution in [2.24, 2.45) is 10.8 Å². The molecule has 7 heteroatoms. The highest BCUT2D eigenvalue weighted by molar-refractivity contribution is 5.69. The van der Waals surface area contributed by atoms with Gasteiger partial charge in [-0.05, 0) is 32.7 Å². The van der Waals surface area contributed by atoms with Gasteiger partial charge in [-0.15, -0.1) is 0 Å². The third-order valence-electron chi connectivity index (χ3n) is 2.51. The summed E-state index contributed by atoms with van der Waals surface area (Å²) in [4.78, 5) is 16.2. The van der Waals surface area contributed by atoms with Crippen LogP contribution in [-0.2, 0) is 4.74 Å². The van der Waals surface area contributed by atoms with Crippen LogP contribution in [0, 0.1) is 0 Å². The summed E-state index contributed by atoms with van der Waals surface area (Å²) in [6.07, 6.45) is 0.198. The minimum atomic E-state index is -0.535. The molecule has 1 aliphatic rings. The number of carbonyl (C=O) groups excluding carboxylic acids is 1. The van der Waals surface area contributed by atoms with Gasteiger partial charge < -0.3 is 15.4 Å². The van der Waals surface area contributed by atoms with Crippen molar-refractivity contribution in [1.29, 1.82) is 0 Å². The van der Waals surface area contributed by atoms with Crippen LogP contribution in [-0.4, -0.2) is 41.8 Å². The van der Waals surface area contributed by atoms with E-state index in [9.17, 15) is 4.79 Å². The lowest BCUT2D eigenvalue weighted by Gasteiger charge is -2.27. The van der Waals surface area contributed by atoms with Crippen molar-refractivity contribution in [1.82, 2.24) is 4.90 Å². The molecule has 2 atom stereocenters. The maximum atomic E-state index is 11.9. The van der Waals surface area contributed by atoms with E-state index >= 15 is 0 Å². The molecule has 1 aliphatic heterocycles. The minimum absolute atomic E-state index is 0.111. The predicted octanol–water partition coefficient (Wildman–Crippen LogP) is 1.63. The Kier molecular flexibility index (Phi) is 4.20. The summed E-state index contributed by atoms with van der Waals surface area (Å²) in [6.45, 7) is 6.15. The van der Waals surface area contributed by atoms with E-state index in [1.807, 2.05) is 20.8 Å². The zero-order chi connectivity index (χ0) is 13.1. The fourth-order valence-electron chi connectivity index (χ4n) is 1.82. The second-order valence-corrected chi connectivity index (χ2v) is 5.12. The van der Waals surface area contributed by atoms with Crippen LogP contribution < -0.4 is 5.73 Å². The van der Waals surface area contributed by atoms with Gasteiger partial charge in [-0.25, -0.2) is 4.79 Å². The number of hydrogen-bond acceptors (Lipinski definition) is 4. The lowest BCUT2D eigenvalue weighted by atomic mass is 10.2. The summed E-state index contributed by atoms with van der Waals surface area (Å²) >= 11 is 0.